The van der Waals surface area contributed by atoms with E-state index in [1.807, 2.05) is 23.1 Å². The SMILES string of the molecule is C#CCOc1ccc(Br)cc1CNCCC(=O)N1CCOCC1. The third-order valence-corrected chi connectivity index (χ3v) is 4.02. The van der Waals surface area contributed by atoms with E-state index < -0.39 is 0 Å². The van der Waals surface area contributed by atoms with Crippen LogP contribution >= 0.6 is 15.9 Å². The van der Waals surface area contributed by atoms with Crippen LogP contribution in [0, 0.1) is 12.3 Å². The van der Waals surface area contributed by atoms with Crippen molar-refractivity contribution >= 4 is 21.8 Å². The molecule has 1 fully saturated rings. The summed E-state index contributed by atoms with van der Waals surface area (Å²) in [5.41, 5.74) is 1.01. The summed E-state index contributed by atoms with van der Waals surface area (Å²) in [6, 6.07) is 5.79. The zero-order valence-electron chi connectivity index (χ0n) is 13.0. The average Bonchev–Trinajstić information content (AvgIpc) is 2.58. The first-order chi connectivity index (χ1) is 11.2. The van der Waals surface area contributed by atoms with Crippen LogP contribution in [0.4, 0.5) is 0 Å². The molecule has 1 aromatic carbocycles. The molecule has 2 rings (SSSR count). The highest BCUT2D eigenvalue weighted by Gasteiger charge is 2.16. The van der Waals surface area contributed by atoms with E-state index in [1.165, 1.54) is 0 Å². The molecule has 0 spiro atoms. The van der Waals surface area contributed by atoms with Gasteiger partial charge in [0.25, 0.3) is 0 Å². The van der Waals surface area contributed by atoms with E-state index in [0.29, 0.717) is 45.8 Å². The second kappa shape index (κ2) is 9.56. The molecule has 1 aromatic rings. The second-order valence-corrected chi connectivity index (χ2v) is 6.08. The van der Waals surface area contributed by atoms with Gasteiger partial charge in [-0.15, -0.1) is 6.42 Å². The molecule has 6 heteroatoms. The number of halogens is 1. The fraction of sp³-hybridized carbons (Fsp3) is 0.471. The van der Waals surface area contributed by atoms with Crippen molar-refractivity contribution in [2.45, 2.75) is 13.0 Å². The molecule has 0 aliphatic carbocycles. The molecular formula is C17H21BrN2O3. The van der Waals surface area contributed by atoms with E-state index in [0.717, 1.165) is 15.8 Å². The fourth-order valence-corrected chi connectivity index (χ4v) is 2.74. The van der Waals surface area contributed by atoms with E-state index in [1.54, 1.807) is 0 Å². The molecule has 5 nitrogen and oxygen atoms in total. The van der Waals surface area contributed by atoms with Gasteiger partial charge in [0.05, 0.1) is 13.2 Å². The van der Waals surface area contributed by atoms with Crippen molar-refractivity contribution in [3.8, 4) is 18.1 Å². The molecule has 1 aliphatic rings. The van der Waals surface area contributed by atoms with E-state index in [4.69, 9.17) is 15.9 Å². The minimum atomic E-state index is 0.166. The minimum Gasteiger partial charge on any atom is -0.481 e. The third kappa shape index (κ3) is 5.87. The number of amides is 1. The number of hydrogen-bond donors (Lipinski definition) is 1. The summed E-state index contributed by atoms with van der Waals surface area (Å²) < 4.78 is 11.8. The van der Waals surface area contributed by atoms with Gasteiger partial charge >= 0.3 is 0 Å². The molecule has 0 saturated carbocycles. The summed E-state index contributed by atoms with van der Waals surface area (Å²) in [6.45, 7) is 4.13. The topological polar surface area (TPSA) is 50.8 Å². The second-order valence-electron chi connectivity index (χ2n) is 5.16. The maximum Gasteiger partial charge on any atom is 0.224 e. The normalized spacial score (nSPS) is 14.3. The van der Waals surface area contributed by atoms with Gasteiger partial charge in [0.15, 0.2) is 0 Å². The number of rotatable bonds is 7. The Morgan fingerprint density at radius 2 is 2.22 bits per heavy atom. The number of morpholine rings is 1. The van der Waals surface area contributed by atoms with Crippen molar-refractivity contribution < 1.29 is 14.3 Å². The smallest absolute Gasteiger partial charge is 0.224 e. The molecule has 0 atom stereocenters. The average molecular weight is 381 g/mol. The number of carbonyl (C=O) groups excluding carboxylic acids is 1. The first-order valence-electron chi connectivity index (χ1n) is 7.61. The highest BCUT2D eigenvalue weighted by Crippen LogP contribution is 2.23. The van der Waals surface area contributed by atoms with Crippen LogP contribution in [0.25, 0.3) is 0 Å². The van der Waals surface area contributed by atoms with Crippen LogP contribution in [0.2, 0.25) is 0 Å². The molecule has 1 N–H and O–H groups in total. The van der Waals surface area contributed by atoms with Crippen LogP contribution in [-0.2, 0) is 16.1 Å². The van der Waals surface area contributed by atoms with Gasteiger partial charge in [-0.3, -0.25) is 4.79 Å². The predicted molar refractivity (Wildman–Crippen MR) is 92.2 cm³/mol. The van der Waals surface area contributed by atoms with E-state index >= 15 is 0 Å². The number of nitrogens with one attached hydrogen (secondary N) is 1. The lowest BCUT2D eigenvalue weighted by molar-refractivity contribution is -0.135. The summed E-state index contributed by atoms with van der Waals surface area (Å²) in [5, 5.41) is 3.28. The zero-order chi connectivity index (χ0) is 16.5. The lowest BCUT2D eigenvalue weighted by atomic mass is 10.2. The van der Waals surface area contributed by atoms with Crippen LogP contribution in [0.5, 0.6) is 5.75 Å². The molecule has 0 radical (unpaired) electrons. The highest BCUT2D eigenvalue weighted by molar-refractivity contribution is 9.10. The Morgan fingerprint density at radius 1 is 1.43 bits per heavy atom. The summed E-state index contributed by atoms with van der Waals surface area (Å²) in [6.07, 6.45) is 5.71. The molecule has 0 bridgehead atoms. The lowest BCUT2D eigenvalue weighted by Gasteiger charge is -2.26. The van der Waals surface area contributed by atoms with Crippen LogP contribution < -0.4 is 10.1 Å². The molecule has 0 aromatic heterocycles. The Kier molecular flexibility index (Phi) is 7.40. The van der Waals surface area contributed by atoms with Crippen LogP contribution in [-0.4, -0.2) is 50.3 Å². The van der Waals surface area contributed by atoms with Crippen molar-refractivity contribution in [3.63, 3.8) is 0 Å². The van der Waals surface area contributed by atoms with Gasteiger partial charge in [0, 0.05) is 42.6 Å². The summed E-state index contributed by atoms with van der Waals surface area (Å²) in [4.78, 5) is 13.9. The van der Waals surface area contributed by atoms with E-state index in [-0.39, 0.29) is 12.5 Å². The number of carbonyl (C=O) groups is 1. The zero-order valence-corrected chi connectivity index (χ0v) is 14.6. The molecule has 0 unspecified atom stereocenters. The van der Waals surface area contributed by atoms with Crippen LogP contribution in [0.1, 0.15) is 12.0 Å². The van der Waals surface area contributed by atoms with Crippen molar-refractivity contribution in [2.75, 3.05) is 39.5 Å². The molecule has 124 valence electrons. The molecule has 1 heterocycles. The van der Waals surface area contributed by atoms with Gasteiger partial charge in [-0.25, -0.2) is 0 Å². The first kappa shape index (κ1) is 17.8. The summed E-state index contributed by atoms with van der Waals surface area (Å²) in [7, 11) is 0. The Balaban J connectivity index is 1.78. The number of hydrogen-bond acceptors (Lipinski definition) is 4. The quantitative estimate of drug-likeness (QED) is 0.578. The monoisotopic (exact) mass is 380 g/mol. The van der Waals surface area contributed by atoms with E-state index in [9.17, 15) is 4.79 Å². The number of terminal acetylenes is 1. The Morgan fingerprint density at radius 3 is 2.96 bits per heavy atom. The standard InChI is InChI=1S/C17H21BrN2O3/c1-2-9-23-16-4-3-15(18)12-14(16)13-19-6-5-17(21)20-7-10-22-11-8-20/h1,3-4,12,19H,5-11,13H2. The van der Waals surface area contributed by atoms with Crippen molar-refractivity contribution in [2.24, 2.45) is 0 Å². The van der Waals surface area contributed by atoms with Crippen molar-refractivity contribution in [3.05, 3.63) is 28.2 Å². The lowest BCUT2D eigenvalue weighted by Crippen LogP contribution is -2.41. The van der Waals surface area contributed by atoms with Gasteiger partial charge in [0.2, 0.25) is 5.91 Å². The molecule has 1 aliphatic heterocycles. The maximum absolute atomic E-state index is 12.0. The fourth-order valence-electron chi connectivity index (χ4n) is 2.34. The first-order valence-corrected chi connectivity index (χ1v) is 8.41. The Hall–Kier alpha value is -1.55. The van der Waals surface area contributed by atoms with Crippen LogP contribution in [0.3, 0.4) is 0 Å². The predicted octanol–water partition coefficient (Wildman–Crippen LogP) is 1.80. The largest absolute Gasteiger partial charge is 0.481 e. The van der Waals surface area contributed by atoms with Gasteiger partial charge in [-0.2, -0.15) is 0 Å². The number of nitrogens with zero attached hydrogens (tertiary/aromatic N) is 1. The van der Waals surface area contributed by atoms with Gasteiger partial charge < -0.3 is 19.7 Å². The third-order valence-electron chi connectivity index (χ3n) is 3.53. The summed E-state index contributed by atoms with van der Waals surface area (Å²) >= 11 is 3.45. The van der Waals surface area contributed by atoms with Gasteiger partial charge in [0.1, 0.15) is 12.4 Å². The molecule has 1 amide bonds. The van der Waals surface area contributed by atoms with Gasteiger partial charge in [-0.1, -0.05) is 21.9 Å². The maximum atomic E-state index is 12.0. The Bertz CT molecular complexity index is 565. The minimum absolute atomic E-state index is 0.166. The van der Waals surface area contributed by atoms with Crippen LogP contribution in [0.15, 0.2) is 22.7 Å². The highest BCUT2D eigenvalue weighted by atomic mass is 79.9. The summed E-state index contributed by atoms with van der Waals surface area (Å²) in [5.74, 6) is 3.39. The van der Waals surface area contributed by atoms with Crippen molar-refractivity contribution in [1.82, 2.24) is 10.2 Å². The molecule has 23 heavy (non-hydrogen) atoms. The number of ether oxygens (including phenoxy) is 2. The molecule has 1 saturated heterocycles. The van der Waals surface area contributed by atoms with Crippen molar-refractivity contribution in [1.29, 1.82) is 0 Å². The van der Waals surface area contributed by atoms with E-state index in [2.05, 4.69) is 27.2 Å². The molecular weight excluding hydrogens is 360 g/mol. The number of benzene rings is 1. The Labute approximate surface area is 145 Å². The van der Waals surface area contributed by atoms with Gasteiger partial charge in [-0.05, 0) is 18.2 Å².